The number of pyridine rings is 1. The van der Waals surface area contributed by atoms with E-state index in [2.05, 4.69) is 32.3 Å². The van der Waals surface area contributed by atoms with Gasteiger partial charge in [0.2, 0.25) is 5.95 Å². The Balaban J connectivity index is 1.33. The maximum Gasteiger partial charge on any atom is 0.257 e. The lowest BCUT2D eigenvalue weighted by Gasteiger charge is -2.26. The molecule has 32 heavy (non-hydrogen) atoms. The van der Waals surface area contributed by atoms with Crippen LogP contribution in [0, 0.1) is 5.92 Å². The van der Waals surface area contributed by atoms with Gasteiger partial charge >= 0.3 is 0 Å². The van der Waals surface area contributed by atoms with Gasteiger partial charge in [0.1, 0.15) is 5.65 Å². The van der Waals surface area contributed by atoms with Gasteiger partial charge in [-0.15, -0.1) is 0 Å². The number of piperidine rings is 1. The molecule has 1 amide bonds. The number of nitrogens with one attached hydrogen (secondary N) is 2. The third-order valence-corrected chi connectivity index (χ3v) is 6.82. The highest BCUT2D eigenvalue weighted by molar-refractivity contribution is 6.02. The average molecular weight is 430 g/mol. The van der Waals surface area contributed by atoms with Crippen molar-refractivity contribution in [2.45, 2.75) is 45.1 Å². The zero-order valence-corrected chi connectivity index (χ0v) is 18.2. The number of amides is 1. The molecular formula is C24H27N7O. The molecule has 0 radical (unpaired) electrons. The molecule has 0 spiro atoms. The second-order valence-corrected chi connectivity index (χ2v) is 9.09. The van der Waals surface area contributed by atoms with E-state index in [0.29, 0.717) is 17.6 Å². The summed E-state index contributed by atoms with van der Waals surface area (Å²) in [5.41, 5.74) is 4.31. The number of hydrogen-bond acceptors (Lipinski definition) is 5. The van der Waals surface area contributed by atoms with Crippen molar-refractivity contribution >= 4 is 28.4 Å². The Morgan fingerprint density at radius 1 is 1.22 bits per heavy atom. The first-order valence-electron chi connectivity index (χ1n) is 11.5. The van der Waals surface area contributed by atoms with Crippen molar-refractivity contribution < 1.29 is 4.79 Å². The van der Waals surface area contributed by atoms with E-state index in [1.807, 2.05) is 35.6 Å². The molecule has 0 bridgehead atoms. The topological polar surface area (TPSA) is 91.2 Å². The number of carbonyl (C=O) groups is 1. The van der Waals surface area contributed by atoms with Crippen LogP contribution in [0.25, 0.3) is 27.7 Å². The highest BCUT2D eigenvalue weighted by atomic mass is 16.2. The molecule has 164 valence electrons. The van der Waals surface area contributed by atoms with Crippen molar-refractivity contribution in [3.8, 4) is 11.1 Å². The molecular weight excluding hydrogens is 402 g/mol. The molecule has 1 saturated carbocycles. The smallest absolute Gasteiger partial charge is 0.257 e. The highest BCUT2D eigenvalue weighted by Gasteiger charge is 2.28. The summed E-state index contributed by atoms with van der Waals surface area (Å²) >= 11 is 0. The van der Waals surface area contributed by atoms with Crippen LogP contribution in [0.15, 0.2) is 36.9 Å². The molecule has 5 heterocycles. The molecule has 6 rings (SSSR count). The summed E-state index contributed by atoms with van der Waals surface area (Å²) in [5.74, 6) is 1.46. The summed E-state index contributed by atoms with van der Waals surface area (Å²) in [6.45, 7) is 3.84. The molecule has 1 aliphatic heterocycles. The summed E-state index contributed by atoms with van der Waals surface area (Å²) in [5, 5.41) is 8.79. The number of carbonyl (C=O) groups excluding carboxylic acids is 1. The van der Waals surface area contributed by atoms with Gasteiger partial charge in [0.25, 0.3) is 5.91 Å². The molecule has 8 nitrogen and oxygen atoms in total. The number of aromatic amines is 1. The van der Waals surface area contributed by atoms with E-state index in [0.717, 1.165) is 59.5 Å². The molecule has 0 unspecified atom stereocenters. The Bertz CT molecular complexity index is 1300. The number of aromatic nitrogens is 5. The van der Waals surface area contributed by atoms with Gasteiger partial charge in [-0.3, -0.25) is 4.79 Å². The van der Waals surface area contributed by atoms with E-state index < -0.39 is 0 Å². The molecule has 0 aromatic carbocycles. The Morgan fingerprint density at radius 3 is 2.88 bits per heavy atom. The Kier molecular flexibility index (Phi) is 4.59. The number of likely N-dealkylation sites (tertiary alicyclic amines) is 1. The van der Waals surface area contributed by atoms with Crippen LogP contribution in [0.2, 0.25) is 0 Å². The second kappa shape index (κ2) is 7.62. The minimum absolute atomic E-state index is 0.0691. The van der Waals surface area contributed by atoms with Gasteiger partial charge in [-0.25, -0.2) is 9.50 Å². The van der Waals surface area contributed by atoms with Crippen molar-refractivity contribution in [1.29, 1.82) is 0 Å². The molecule has 8 heteroatoms. The molecule has 2 fully saturated rings. The number of fused-ring (bicyclic) bond motifs is 2. The first-order valence-corrected chi connectivity index (χ1v) is 11.5. The fourth-order valence-corrected chi connectivity index (χ4v) is 4.71. The summed E-state index contributed by atoms with van der Waals surface area (Å²) in [6.07, 6.45) is 13.3. The predicted octanol–water partition coefficient (Wildman–Crippen LogP) is 4.11. The first kappa shape index (κ1) is 19.3. The van der Waals surface area contributed by atoms with Crippen molar-refractivity contribution in [3.63, 3.8) is 0 Å². The summed E-state index contributed by atoms with van der Waals surface area (Å²) in [7, 11) is 0. The maximum absolute atomic E-state index is 13.1. The van der Waals surface area contributed by atoms with Crippen LogP contribution in [0.4, 0.5) is 5.95 Å². The summed E-state index contributed by atoms with van der Waals surface area (Å²) in [6, 6.07) is 4.44. The summed E-state index contributed by atoms with van der Waals surface area (Å²) < 4.78 is 1.77. The molecule has 1 saturated heterocycles. The van der Waals surface area contributed by atoms with Crippen LogP contribution in [0.5, 0.6) is 0 Å². The SMILES string of the molecule is C[C@@H](Nc1ncc2c(-c3ccn4ncc(C(=O)N5CCCCC5)c4c3)c[nH]c2n1)C1CC1. The van der Waals surface area contributed by atoms with Gasteiger partial charge < -0.3 is 15.2 Å². The largest absolute Gasteiger partial charge is 0.351 e. The number of anilines is 1. The Labute approximate surface area is 186 Å². The van der Waals surface area contributed by atoms with Crippen molar-refractivity contribution in [2.75, 3.05) is 18.4 Å². The van der Waals surface area contributed by atoms with Gasteiger partial charge in [-0.05, 0) is 62.6 Å². The van der Waals surface area contributed by atoms with Gasteiger partial charge in [0, 0.05) is 48.7 Å². The van der Waals surface area contributed by atoms with E-state index in [1.54, 1.807) is 10.7 Å². The van der Waals surface area contributed by atoms with E-state index in [1.165, 1.54) is 19.3 Å². The minimum atomic E-state index is 0.0691. The number of nitrogens with zero attached hydrogens (tertiary/aromatic N) is 5. The third-order valence-electron chi connectivity index (χ3n) is 6.82. The normalized spacial score (nSPS) is 17.7. The molecule has 2 aliphatic rings. The zero-order chi connectivity index (χ0) is 21.7. The van der Waals surface area contributed by atoms with Crippen LogP contribution < -0.4 is 5.32 Å². The van der Waals surface area contributed by atoms with Crippen LogP contribution in [0.3, 0.4) is 0 Å². The van der Waals surface area contributed by atoms with E-state index >= 15 is 0 Å². The first-order chi connectivity index (χ1) is 15.7. The molecule has 4 aromatic heterocycles. The fraction of sp³-hybridized carbons (Fsp3) is 0.417. The van der Waals surface area contributed by atoms with Crippen molar-refractivity contribution in [1.82, 2.24) is 29.5 Å². The molecule has 1 atom stereocenters. The molecule has 2 N–H and O–H groups in total. The predicted molar refractivity (Wildman–Crippen MR) is 124 cm³/mol. The Hall–Kier alpha value is -3.42. The van der Waals surface area contributed by atoms with Gasteiger partial charge in [0.15, 0.2) is 0 Å². The van der Waals surface area contributed by atoms with E-state index in [4.69, 9.17) is 0 Å². The fourth-order valence-electron chi connectivity index (χ4n) is 4.71. The second-order valence-electron chi connectivity index (χ2n) is 9.09. The van der Waals surface area contributed by atoms with E-state index in [9.17, 15) is 4.79 Å². The quantitative estimate of drug-likeness (QED) is 0.498. The number of rotatable bonds is 5. The lowest BCUT2D eigenvalue weighted by Crippen LogP contribution is -2.35. The minimum Gasteiger partial charge on any atom is -0.351 e. The monoisotopic (exact) mass is 429 g/mol. The van der Waals surface area contributed by atoms with Gasteiger partial charge in [-0.2, -0.15) is 10.1 Å². The van der Waals surface area contributed by atoms with Gasteiger partial charge in [0.05, 0.1) is 17.3 Å². The van der Waals surface area contributed by atoms with Crippen LogP contribution >= 0.6 is 0 Å². The lowest BCUT2D eigenvalue weighted by atomic mass is 10.1. The zero-order valence-electron chi connectivity index (χ0n) is 18.2. The lowest BCUT2D eigenvalue weighted by molar-refractivity contribution is 0.0726. The van der Waals surface area contributed by atoms with Crippen LogP contribution in [-0.2, 0) is 0 Å². The average Bonchev–Trinajstić information content (AvgIpc) is 3.47. The number of H-pyrrole nitrogens is 1. The highest BCUT2D eigenvalue weighted by Crippen LogP contribution is 2.34. The van der Waals surface area contributed by atoms with Crippen molar-refractivity contribution in [2.24, 2.45) is 5.92 Å². The molecule has 4 aromatic rings. The molecule has 1 aliphatic carbocycles. The standard InChI is InChI=1S/C24H27N7O/c1-15(16-5-6-16)28-24-26-13-19-18(12-25-22(19)29-24)17-7-10-31-21(11-17)20(14-27-31)23(32)30-8-3-2-4-9-30/h7,10-16H,2-6,8-9H2,1H3,(H2,25,26,28,29)/t15-/m1/s1. The maximum atomic E-state index is 13.1. The Morgan fingerprint density at radius 2 is 2.06 bits per heavy atom. The van der Waals surface area contributed by atoms with Gasteiger partial charge in [-0.1, -0.05) is 0 Å². The third kappa shape index (κ3) is 3.39. The number of hydrogen-bond donors (Lipinski definition) is 2. The van der Waals surface area contributed by atoms with Crippen LogP contribution in [-0.4, -0.2) is 54.5 Å². The van der Waals surface area contributed by atoms with Crippen molar-refractivity contribution in [3.05, 3.63) is 42.5 Å². The van der Waals surface area contributed by atoms with E-state index in [-0.39, 0.29) is 5.91 Å². The summed E-state index contributed by atoms with van der Waals surface area (Å²) in [4.78, 5) is 27.6. The van der Waals surface area contributed by atoms with Crippen LogP contribution in [0.1, 0.15) is 49.4 Å².